The normalized spacial score (nSPS) is 13.2. The molecule has 0 aliphatic carbocycles. The van der Waals surface area contributed by atoms with Crippen LogP contribution in [0.5, 0.6) is 5.75 Å². The van der Waals surface area contributed by atoms with Crippen LogP contribution in [0.25, 0.3) is 0 Å². The van der Waals surface area contributed by atoms with Crippen LogP contribution in [-0.4, -0.2) is 12.0 Å². The van der Waals surface area contributed by atoms with Crippen molar-refractivity contribution in [2.24, 2.45) is 0 Å². The van der Waals surface area contributed by atoms with Crippen molar-refractivity contribution in [2.45, 2.75) is 24.1 Å². The molecule has 0 saturated heterocycles. The summed E-state index contributed by atoms with van der Waals surface area (Å²) >= 11 is 6.17. The van der Waals surface area contributed by atoms with Crippen LogP contribution in [0.4, 0.5) is 0 Å². The monoisotopic (exact) mass is 248 g/mol. The molecule has 0 spiro atoms. The summed E-state index contributed by atoms with van der Waals surface area (Å²) in [5.41, 5.74) is 0.959. The van der Waals surface area contributed by atoms with Crippen LogP contribution >= 0.6 is 11.6 Å². The average molecular weight is 249 g/mol. The highest BCUT2D eigenvalue weighted by Crippen LogP contribution is 2.26. The van der Waals surface area contributed by atoms with Crippen LogP contribution in [0.1, 0.15) is 18.4 Å². The molecule has 17 heavy (non-hydrogen) atoms. The Bertz CT molecular complexity index is 444. The predicted molar refractivity (Wildman–Crippen MR) is 65.7 cm³/mol. The Balaban J connectivity index is 2.74. The molecule has 0 amide bonds. The second-order valence-electron chi connectivity index (χ2n) is 3.76. The molecule has 88 valence electrons. The molecule has 0 bridgehead atoms. The van der Waals surface area contributed by atoms with E-state index in [0.29, 0.717) is 12.8 Å². The van der Waals surface area contributed by atoms with E-state index < -0.39 is 4.87 Å². The van der Waals surface area contributed by atoms with Gasteiger partial charge in [0, 0.05) is 12.8 Å². The molecule has 1 rings (SSSR count). The Morgan fingerprint density at radius 2 is 1.94 bits per heavy atom. The lowest BCUT2D eigenvalue weighted by atomic mass is 9.95. The average Bonchev–Trinajstić information content (AvgIpc) is 2.37. The maximum absolute atomic E-state index is 9.06. The largest absolute Gasteiger partial charge is 0.497 e. The third-order valence-corrected chi connectivity index (χ3v) is 2.88. The van der Waals surface area contributed by atoms with Crippen LogP contribution in [0, 0.1) is 22.7 Å². The maximum atomic E-state index is 9.06. The van der Waals surface area contributed by atoms with Gasteiger partial charge in [0.1, 0.15) is 10.6 Å². The van der Waals surface area contributed by atoms with Gasteiger partial charge in [-0.25, -0.2) is 0 Å². The van der Waals surface area contributed by atoms with E-state index in [2.05, 4.69) is 6.07 Å². The number of hydrogen-bond acceptors (Lipinski definition) is 3. The van der Waals surface area contributed by atoms with Crippen molar-refractivity contribution in [1.29, 1.82) is 10.5 Å². The summed E-state index contributed by atoms with van der Waals surface area (Å²) in [5.74, 6) is 0.767. The summed E-state index contributed by atoms with van der Waals surface area (Å²) in [6.45, 7) is 0. The molecule has 0 aliphatic rings. The second kappa shape index (κ2) is 6.13. The number of nitriles is 2. The van der Waals surface area contributed by atoms with E-state index in [9.17, 15) is 0 Å². The fourth-order valence-corrected chi connectivity index (χ4v) is 1.75. The van der Waals surface area contributed by atoms with Gasteiger partial charge >= 0.3 is 0 Å². The van der Waals surface area contributed by atoms with Gasteiger partial charge in [0.25, 0.3) is 0 Å². The summed E-state index contributed by atoms with van der Waals surface area (Å²) in [6.07, 6.45) is 1.08. The zero-order valence-corrected chi connectivity index (χ0v) is 10.4. The molecule has 0 aliphatic heterocycles. The highest BCUT2D eigenvalue weighted by molar-refractivity contribution is 6.26. The Kier molecular flexibility index (Phi) is 4.82. The van der Waals surface area contributed by atoms with Crippen molar-refractivity contribution in [3.05, 3.63) is 29.8 Å². The first-order valence-corrected chi connectivity index (χ1v) is 5.61. The maximum Gasteiger partial charge on any atom is 0.136 e. The van der Waals surface area contributed by atoms with Crippen molar-refractivity contribution in [3.8, 4) is 17.9 Å². The SMILES string of the molecule is COc1ccc(CC(Cl)(C#N)CCC#N)cc1. The van der Waals surface area contributed by atoms with E-state index in [0.717, 1.165) is 11.3 Å². The predicted octanol–water partition coefficient (Wildman–Crippen LogP) is 3.04. The molecule has 0 radical (unpaired) electrons. The van der Waals surface area contributed by atoms with Crippen LogP contribution in [0.2, 0.25) is 0 Å². The summed E-state index contributed by atoms with van der Waals surface area (Å²) in [5, 5.41) is 17.6. The minimum atomic E-state index is -0.996. The number of hydrogen-bond donors (Lipinski definition) is 0. The van der Waals surface area contributed by atoms with Gasteiger partial charge in [-0.15, -0.1) is 11.6 Å². The Morgan fingerprint density at radius 1 is 1.29 bits per heavy atom. The topological polar surface area (TPSA) is 56.8 Å². The van der Waals surface area contributed by atoms with Gasteiger partial charge < -0.3 is 4.74 Å². The standard InChI is InChI=1S/C13H13ClN2O/c1-17-12-5-3-11(4-6-12)9-13(14,10-16)7-2-8-15/h3-6H,2,7,9H2,1H3. The second-order valence-corrected chi connectivity index (χ2v) is 4.48. The van der Waals surface area contributed by atoms with Crippen LogP contribution < -0.4 is 4.74 Å². The van der Waals surface area contributed by atoms with Crippen molar-refractivity contribution in [2.75, 3.05) is 7.11 Å². The number of rotatable bonds is 5. The first-order chi connectivity index (χ1) is 8.13. The van der Waals surface area contributed by atoms with E-state index in [1.54, 1.807) is 7.11 Å². The van der Waals surface area contributed by atoms with Gasteiger partial charge in [-0.05, 0) is 24.1 Å². The molecule has 0 heterocycles. The zero-order chi connectivity index (χ0) is 12.7. The number of nitrogens with zero attached hydrogens (tertiary/aromatic N) is 2. The third-order valence-electron chi connectivity index (χ3n) is 2.48. The molecule has 1 atom stereocenters. The molecule has 1 unspecified atom stereocenters. The molecule has 1 aromatic rings. The van der Waals surface area contributed by atoms with E-state index >= 15 is 0 Å². The summed E-state index contributed by atoms with van der Waals surface area (Å²) in [4.78, 5) is -0.996. The Morgan fingerprint density at radius 3 is 2.41 bits per heavy atom. The van der Waals surface area contributed by atoms with Crippen molar-refractivity contribution < 1.29 is 4.74 Å². The van der Waals surface area contributed by atoms with Gasteiger partial charge in [0.2, 0.25) is 0 Å². The molecule has 0 saturated carbocycles. The van der Waals surface area contributed by atoms with Gasteiger partial charge in [-0.2, -0.15) is 10.5 Å². The lowest BCUT2D eigenvalue weighted by Crippen LogP contribution is -2.22. The molecule has 3 nitrogen and oxygen atoms in total. The quantitative estimate of drug-likeness (QED) is 0.753. The molecular formula is C13H13ClN2O. The first-order valence-electron chi connectivity index (χ1n) is 5.23. The molecule has 0 fully saturated rings. The Hall–Kier alpha value is -1.71. The van der Waals surface area contributed by atoms with E-state index in [4.69, 9.17) is 26.9 Å². The minimum Gasteiger partial charge on any atom is -0.497 e. The van der Waals surface area contributed by atoms with Crippen molar-refractivity contribution in [1.82, 2.24) is 0 Å². The summed E-state index contributed by atoms with van der Waals surface area (Å²) in [7, 11) is 1.60. The van der Waals surface area contributed by atoms with Gasteiger partial charge in [0.05, 0.1) is 19.2 Å². The molecule has 0 N–H and O–H groups in total. The number of ether oxygens (including phenoxy) is 1. The molecular weight excluding hydrogens is 236 g/mol. The highest BCUT2D eigenvalue weighted by atomic mass is 35.5. The van der Waals surface area contributed by atoms with Crippen LogP contribution in [-0.2, 0) is 6.42 Å². The lowest BCUT2D eigenvalue weighted by Gasteiger charge is -2.17. The van der Waals surface area contributed by atoms with Crippen molar-refractivity contribution in [3.63, 3.8) is 0 Å². The van der Waals surface area contributed by atoms with Crippen LogP contribution in [0.15, 0.2) is 24.3 Å². The third kappa shape index (κ3) is 3.98. The Labute approximate surface area is 106 Å². The van der Waals surface area contributed by atoms with E-state index in [1.165, 1.54) is 0 Å². The summed E-state index contributed by atoms with van der Waals surface area (Å²) in [6, 6.07) is 11.5. The molecule has 1 aromatic carbocycles. The number of methoxy groups -OCH3 is 1. The lowest BCUT2D eigenvalue weighted by molar-refractivity contribution is 0.414. The number of halogens is 1. The minimum absolute atomic E-state index is 0.285. The zero-order valence-electron chi connectivity index (χ0n) is 9.61. The smallest absolute Gasteiger partial charge is 0.136 e. The first kappa shape index (κ1) is 13.4. The fourth-order valence-electron chi connectivity index (χ4n) is 1.50. The fraction of sp³-hybridized carbons (Fsp3) is 0.385. The van der Waals surface area contributed by atoms with E-state index in [-0.39, 0.29) is 6.42 Å². The number of alkyl halides is 1. The highest BCUT2D eigenvalue weighted by Gasteiger charge is 2.26. The van der Waals surface area contributed by atoms with Gasteiger partial charge in [0.15, 0.2) is 0 Å². The molecule has 0 aromatic heterocycles. The number of benzene rings is 1. The van der Waals surface area contributed by atoms with E-state index in [1.807, 2.05) is 30.3 Å². The van der Waals surface area contributed by atoms with Crippen molar-refractivity contribution >= 4 is 11.6 Å². The summed E-state index contributed by atoms with van der Waals surface area (Å²) < 4.78 is 5.05. The van der Waals surface area contributed by atoms with Crippen LogP contribution in [0.3, 0.4) is 0 Å². The molecule has 4 heteroatoms. The van der Waals surface area contributed by atoms with Gasteiger partial charge in [-0.3, -0.25) is 0 Å². The van der Waals surface area contributed by atoms with Gasteiger partial charge in [-0.1, -0.05) is 12.1 Å².